The summed E-state index contributed by atoms with van der Waals surface area (Å²) < 4.78 is 4.58. The van der Waals surface area contributed by atoms with Crippen molar-refractivity contribution >= 4 is 6.08 Å². The van der Waals surface area contributed by atoms with Crippen LogP contribution in [0.1, 0.15) is 5.56 Å². The lowest BCUT2D eigenvalue weighted by Crippen LogP contribution is -2.03. The van der Waals surface area contributed by atoms with Crippen LogP contribution in [0.15, 0.2) is 24.3 Å². The molecule has 0 heterocycles. The van der Waals surface area contributed by atoms with Gasteiger partial charge in [-0.05, 0) is 23.8 Å². The van der Waals surface area contributed by atoms with Gasteiger partial charge in [0.25, 0.3) is 0 Å². The summed E-state index contributed by atoms with van der Waals surface area (Å²) >= 11 is 0. The summed E-state index contributed by atoms with van der Waals surface area (Å²) in [5.74, 6) is -0.367. The van der Waals surface area contributed by atoms with Gasteiger partial charge >= 0.3 is 0 Å². The van der Waals surface area contributed by atoms with Crippen molar-refractivity contribution in [3.63, 3.8) is 0 Å². The standard InChI is InChI=1S/C10H12O4/c1-14-10(13)5-3-7-2-4-8(11)9(12)6-7/h2-6,10-13H,1H3/b5-3+. The fraction of sp³-hybridized carbons (Fsp3) is 0.200. The minimum Gasteiger partial charge on any atom is -0.504 e. The van der Waals surface area contributed by atoms with E-state index in [0.717, 1.165) is 0 Å². The molecule has 4 heteroatoms. The zero-order chi connectivity index (χ0) is 10.6. The Labute approximate surface area is 81.7 Å². The van der Waals surface area contributed by atoms with Gasteiger partial charge in [-0.2, -0.15) is 0 Å². The largest absolute Gasteiger partial charge is 0.504 e. The van der Waals surface area contributed by atoms with E-state index in [1.54, 1.807) is 12.1 Å². The first-order valence-electron chi connectivity index (χ1n) is 4.04. The molecule has 0 aliphatic carbocycles. The third kappa shape index (κ3) is 2.76. The van der Waals surface area contributed by atoms with Gasteiger partial charge in [-0.1, -0.05) is 12.1 Å². The highest BCUT2D eigenvalue weighted by Gasteiger charge is 1.98. The summed E-state index contributed by atoms with van der Waals surface area (Å²) in [4.78, 5) is 0. The molecular formula is C10H12O4. The number of phenolic OH excluding ortho intramolecular Hbond substituents is 2. The summed E-state index contributed by atoms with van der Waals surface area (Å²) in [7, 11) is 1.38. The molecule has 4 nitrogen and oxygen atoms in total. The van der Waals surface area contributed by atoms with Gasteiger partial charge in [-0.3, -0.25) is 0 Å². The first kappa shape index (κ1) is 10.6. The Morgan fingerprint density at radius 2 is 2.00 bits per heavy atom. The summed E-state index contributed by atoms with van der Waals surface area (Å²) in [6.45, 7) is 0. The third-order valence-corrected chi connectivity index (χ3v) is 1.69. The van der Waals surface area contributed by atoms with Crippen molar-refractivity contribution in [2.24, 2.45) is 0 Å². The smallest absolute Gasteiger partial charge is 0.174 e. The van der Waals surface area contributed by atoms with Crippen LogP contribution in [0.4, 0.5) is 0 Å². The van der Waals surface area contributed by atoms with Crippen molar-refractivity contribution in [3.05, 3.63) is 29.8 Å². The zero-order valence-electron chi connectivity index (χ0n) is 7.71. The average Bonchev–Trinajstić information content (AvgIpc) is 2.19. The van der Waals surface area contributed by atoms with Crippen molar-refractivity contribution < 1.29 is 20.1 Å². The van der Waals surface area contributed by atoms with Gasteiger partial charge in [-0.15, -0.1) is 0 Å². The van der Waals surface area contributed by atoms with Crippen LogP contribution in [0.3, 0.4) is 0 Å². The number of hydrogen-bond acceptors (Lipinski definition) is 4. The summed E-state index contributed by atoms with van der Waals surface area (Å²) in [5, 5.41) is 27.2. The van der Waals surface area contributed by atoms with Crippen molar-refractivity contribution in [2.75, 3.05) is 7.11 Å². The molecule has 1 aromatic rings. The molecule has 0 saturated carbocycles. The van der Waals surface area contributed by atoms with Gasteiger partial charge in [0.15, 0.2) is 17.8 Å². The third-order valence-electron chi connectivity index (χ3n) is 1.69. The van der Waals surface area contributed by atoms with Crippen LogP contribution < -0.4 is 0 Å². The monoisotopic (exact) mass is 196 g/mol. The van der Waals surface area contributed by atoms with E-state index in [1.165, 1.54) is 25.3 Å². The highest BCUT2D eigenvalue weighted by atomic mass is 16.6. The van der Waals surface area contributed by atoms with E-state index in [2.05, 4.69) is 4.74 Å². The number of aromatic hydroxyl groups is 2. The molecule has 0 aliphatic rings. The predicted octanol–water partition coefficient (Wildman–Crippen LogP) is 1.08. The van der Waals surface area contributed by atoms with Crippen LogP contribution in [0, 0.1) is 0 Å². The number of methoxy groups -OCH3 is 1. The fourth-order valence-electron chi connectivity index (χ4n) is 0.916. The van der Waals surface area contributed by atoms with Crippen molar-refractivity contribution in [3.8, 4) is 11.5 Å². The Hall–Kier alpha value is -1.52. The minimum absolute atomic E-state index is 0.172. The lowest BCUT2D eigenvalue weighted by molar-refractivity contribution is -0.0350. The molecular weight excluding hydrogens is 184 g/mol. The second kappa shape index (κ2) is 4.64. The van der Waals surface area contributed by atoms with E-state index in [9.17, 15) is 0 Å². The number of aliphatic hydroxyl groups is 1. The van der Waals surface area contributed by atoms with Gasteiger partial charge < -0.3 is 20.1 Å². The SMILES string of the molecule is COC(O)/C=C/c1ccc(O)c(O)c1. The maximum Gasteiger partial charge on any atom is 0.174 e. The number of aliphatic hydroxyl groups excluding tert-OH is 1. The Morgan fingerprint density at radius 3 is 2.57 bits per heavy atom. The van der Waals surface area contributed by atoms with Gasteiger partial charge in [0, 0.05) is 7.11 Å². The minimum atomic E-state index is -0.967. The van der Waals surface area contributed by atoms with Crippen LogP contribution in [-0.2, 0) is 4.74 Å². The number of ether oxygens (including phenoxy) is 1. The molecule has 0 radical (unpaired) electrons. The predicted molar refractivity (Wildman–Crippen MR) is 51.8 cm³/mol. The Kier molecular flexibility index (Phi) is 3.50. The first-order valence-corrected chi connectivity index (χ1v) is 4.04. The highest BCUT2D eigenvalue weighted by molar-refractivity contribution is 5.55. The lowest BCUT2D eigenvalue weighted by atomic mass is 10.2. The van der Waals surface area contributed by atoms with Gasteiger partial charge in [-0.25, -0.2) is 0 Å². The highest BCUT2D eigenvalue weighted by Crippen LogP contribution is 2.25. The van der Waals surface area contributed by atoms with Crippen LogP contribution >= 0.6 is 0 Å². The summed E-state index contributed by atoms with van der Waals surface area (Å²) in [5.41, 5.74) is 0.663. The molecule has 0 spiro atoms. The molecule has 1 atom stereocenters. The molecule has 0 aliphatic heterocycles. The Bertz CT molecular complexity index is 333. The molecule has 0 bridgehead atoms. The lowest BCUT2D eigenvalue weighted by Gasteiger charge is -2.01. The second-order valence-electron chi connectivity index (χ2n) is 2.73. The van der Waals surface area contributed by atoms with E-state index in [4.69, 9.17) is 15.3 Å². The van der Waals surface area contributed by atoms with Crippen LogP contribution in [0.25, 0.3) is 6.08 Å². The zero-order valence-corrected chi connectivity index (χ0v) is 7.71. The molecule has 3 N–H and O–H groups in total. The first-order chi connectivity index (χ1) is 6.63. The molecule has 0 fully saturated rings. The quantitative estimate of drug-likeness (QED) is 0.499. The molecule has 0 aromatic heterocycles. The number of hydrogen-bond donors (Lipinski definition) is 3. The van der Waals surface area contributed by atoms with Crippen LogP contribution in [-0.4, -0.2) is 28.7 Å². The van der Waals surface area contributed by atoms with E-state index >= 15 is 0 Å². The van der Waals surface area contributed by atoms with Gasteiger partial charge in [0.05, 0.1) is 0 Å². The molecule has 1 aromatic carbocycles. The molecule has 1 unspecified atom stereocenters. The fourth-order valence-corrected chi connectivity index (χ4v) is 0.916. The Balaban J connectivity index is 2.77. The second-order valence-corrected chi connectivity index (χ2v) is 2.73. The summed E-state index contributed by atoms with van der Waals surface area (Å²) in [6.07, 6.45) is 2.03. The van der Waals surface area contributed by atoms with E-state index in [-0.39, 0.29) is 11.5 Å². The molecule has 14 heavy (non-hydrogen) atoms. The van der Waals surface area contributed by atoms with E-state index in [0.29, 0.717) is 5.56 Å². The van der Waals surface area contributed by atoms with E-state index in [1.807, 2.05) is 0 Å². The maximum absolute atomic E-state index is 9.14. The molecule has 76 valence electrons. The molecule has 1 rings (SSSR count). The van der Waals surface area contributed by atoms with Crippen molar-refractivity contribution in [1.82, 2.24) is 0 Å². The van der Waals surface area contributed by atoms with Crippen LogP contribution in [0.5, 0.6) is 11.5 Å². The van der Waals surface area contributed by atoms with Gasteiger partial charge in [0.1, 0.15) is 0 Å². The van der Waals surface area contributed by atoms with Gasteiger partial charge in [0.2, 0.25) is 0 Å². The number of phenols is 2. The topological polar surface area (TPSA) is 69.9 Å². The van der Waals surface area contributed by atoms with Crippen LogP contribution in [0.2, 0.25) is 0 Å². The van der Waals surface area contributed by atoms with Crippen molar-refractivity contribution in [1.29, 1.82) is 0 Å². The average molecular weight is 196 g/mol. The Morgan fingerprint density at radius 1 is 1.29 bits per heavy atom. The normalized spacial score (nSPS) is 13.3. The van der Waals surface area contributed by atoms with Crippen molar-refractivity contribution in [2.45, 2.75) is 6.29 Å². The number of rotatable bonds is 3. The van der Waals surface area contributed by atoms with E-state index < -0.39 is 6.29 Å². The summed E-state index contributed by atoms with van der Waals surface area (Å²) in [6, 6.07) is 4.36. The molecule has 0 amide bonds. The maximum atomic E-state index is 9.14. The number of benzene rings is 1. The molecule has 0 saturated heterocycles.